The molecule has 114 valence electrons. The topological polar surface area (TPSA) is 50.1 Å². The van der Waals surface area contributed by atoms with Crippen molar-refractivity contribution in [2.24, 2.45) is 5.92 Å². The van der Waals surface area contributed by atoms with Crippen molar-refractivity contribution in [1.82, 2.24) is 0 Å². The van der Waals surface area contributed by atoms with E-state index < -0.39 is 5.97 Å². The number of nitrogens with zero attached hydrogens (tertiary/aromatic N) is 1. The quantitative estimate of drug-likeness (QED) is 0.221. The first-order valence-corrected chi connectivity index (χ1v) is 7.61. The Morgan fingerprint density at radius 3 is 2.67 bits per heavy atom. The monoisotopic (exact) mass is 287 g/mol. The zero-order valence-electron chi connectivity index (χ0n) is 13.3. The van der Waals surface area contributed by atoms with E-state index in [0.29, 0.717) is 12.5 Å². The summed E-state index contributed by atoms with van der Waals surface area (Å²) in [5.41, 5.74) is 0.00916. The summed E-state index contributed by atoms with van der Waals surface area (Å²) in [6, 6.07) is 1.86. The van der Waals surface area contributed by atoms with Crippen LogP contribution in [0.15, 0.2) is 23.8 Å². The Kier molecular flexibility index (Phi) is 11.8. The number of nitriles is 1. The van der Waals surface area contributed by atoms with Gasteiger partial charge in [-0.25, -0.2) is 4.79 Å². The summed E-state index contributed by atoms with van der Waals surface area (Å²) >= 11 is 0. The molecule has 0 bridgehead atoms. The first kappa shape index (κ1) is 19.0. The maximum absolute atomic E-state index is 11.8. The molecule has 0 aromatic heterocycles. The first-order chi connectivity index (χ1) is 10.2. The van der Waals surface area contributed by atoms with Crippen LogP contribution in [0, 0.1) is 29.1 Å². The highest BCUT2D eigenvalue weighted by Crippen LogP contribution is 2.13. The minimum absolute atomic E-state index is 0.00916. The fourth-order valence-electron chi connectivity index (χ4n) is 1.67. The molecule has 0 saturated heterocycles. The van der Waals surface area contributed by atoms with Crippen LogP contribution in [0.25, 0.3) is 0 Å². The van der Waals surface area contributed by atoms with Crippen LogP contribution in [0.2, 0.25) is 0 Å². The van der Waals surface area contributed by atoms with Gasteiger partial charge < -0.3 is 4.74 Å². The van der Waals surface area contributed by atoms with Crippen LogP contribution in [0.3, 0.4) is 0 Å². The molecule has 0 aromatic rings. The van der Waals surface area contributed by atoms with Gasteiger partial charge in [-0.15, -0.1) is 0 Å². The summed E-state index contributed by atoms with van der Waals surface area (Å²) in [6.45, 7) is 6.57. The molecule has 21 heavy (non-hydrogen) atoms. The number of hydrogen-bond donors (Lipinski definition) is 0. The molecule has 1 atom stereocenters. The largest absolute Gasteiger partial charge is 0.461 e. The molecule has 0 rings (SSSR count). The van der Waals surface area contributed by atoms with Crippen molar-refractivity contribution in [2.45, 2.75) is 52.9 Å². The zero-order chi connectivity index (χ0) is 15.9. The predicted molar refractivity (Wildman–Crippen MR) is 85.2 cm³/mol. The molecule has 3 heteroatoms. The van der Waals surface area contributed by atoms with Crippen LogP contribution in [-0.4, -0.2) is 12.6 Å². The molecule has 0 aliphatic carbocycles. The predicted octanol–water partition coefficient (Wildman–Crippen LogP) is 4.17. The molecular formula is C18H25NO2. The second kappa shape index (κ2) is 13.0. The van der Waals surface area contributed by atoms with Crippen molar-refractivity contribution in [3.8, 4) is 17.9 Å². The third-order valence-electron chi connectivity index (χ3n) is 3.06. The molecule has 0 aliphatic heterocycles. The molecule has 0 saturated carbocycles. The number of carbonyl (C=O) groups is 1. The molecule has 0 amide bonds. The summed E-state index contributed by atoms with van der Waals surface area (Å²) in [5, 5.41) is 8.97. The summed E-state index contributed by atoms with van der Waals surface area (Å²) in [4.78, 5) is 11.8. The van der Waals surface area contributed by atoms with E-state index in [1.54, 1.807) is 12.2 Å². The van der Waals surface area contributed by atoms with Crippen LogP contribution < -0.4 is 0 Å². The van der Waals surface area contributed by atoms with Crippen molar-refractivity contribution >= 4 is 5.97 Å². The number of allylic oxidation sites excluding steroid dienone is 3. The second-order valence-electron chi connectivity index (χ2n) is 4.74. The summed E-state index contributed by atoms with van der Waals surface area (Å²) in [5.74, 6) is 5.49. The van der Waals surface area contributed by atoms with Gasteiger partial charge in [0.05, 0.1) is 6.61 Å². The number of esters is 1. The molecular weight excluding hydrogens is 262 g/mol. The third-order valence-corrected chi connectivity index (χ3v) is 3.06. The number of ether oxygens (including phenoxy) is 1. The Hall–Kier alpha value is -2.00. The molecule has 0 spiro atoms. The summed E-state index contributed by atoms with van der Waals surface area (Å²) < 4.78 is 5.22. The van der Waals surface area contributed by atoms with Gasteiger partial charge in [0.1, 0.15) is 11.6 Å². The minimum Gasteiger partial charge on any atom is -0.461 e. The standard InChI is InChI=1S/C18H25NO2/c1-4-7-9-10-11-13-17(14-19)18(20)21-15-16(6-3)12-8-5-2/h10-11,13,16H,4-6,8,12,15H2,1-3H3/b11-10+,17-13-. The maximum atomic E-state index is 11.8. The SMILES string of the molecule is CCC#C/C=C/C=C(/C#N)C(=O)OCC(CC)CCCC. The van der Waals surface area contributed by atoms with Crippen molar-refractivity contribution in [2.75, 3.05) is 6.61 Å². The number of rotatable bonds is 8. The Morgan fingerprint density at radius 2 is 2.10 bits per heavy atom. The zero-order valence-corrected chi connectivity index (χ0v) is 13.3. The van der Waals surface area contributed by atoms with Gasteiger partial charge in [-0.3, -0.25) is 0 Å². The lowest BCUT2D eigenvalue weighted by Crippen LogP contribution is -2.14. The van der Waals surface area contributed by atoms with E-state index in [4.69, 9.17) is 10.00 Å². The van der Waals surface area contributed by atoms with Gasteiger partial charge in [0.25, 0.3) is 0 Å². The maximum Gasteiger partial charge on any atom is 0.348 e. The van der Waals surface area contributed by atoms with Crippen LogP contribution >= 0.6 is 0 Å². The van der Waals surface area contributed by atoms with Gasteiger partial charge in [-0.1, -0.05) is 58.0 Å². The number of carbonyl (C=O) groups excluding carboxylic acids is 1. The lowest BCUT2D eigenvalue weighted by Gasteiger charge is -2.14. The van der Waals surface area contributed by atoms with Crippen LogP contribution in [0.1, 0.15) is 52.9 Å². The van der Waals surface area contributed by atoms with E-state index in [1.165, 1.54) is 6.08 Å². The summed E-state index contributed by atoms with van der Waals surface area (Å²) in [7, 11) is 0. The van der Waals surface area contributed by atoms with Gasteiger partial charge in [0.15, 0.2) is 0 Å². The van der Waals surface area contributed by atoms with Gasteiger partial charge in [0.2, 0.25) is 0 Å². The average Bonchev–Trinajstić information content (AvgIpc) is 2.51. The van der Waals surface area contributed by atoms with Gasteiger partial charge in [-0.2, -0.15) is 5.26 Å². The molecule has 0 heterocycles. The highest BCUT2D eigenvalue weighted by molar-refractivity contribution is 5.93. The molecule has 0 aliphatic rings. The molecule has 1 unspecified atom stereocenters. The molecule has 3 nitrogen and oxygen atoms in total. The minimum atomic E-state index is -0.555. The van der Waals surface area contributed by atoms with Crippen LogP contribution in [0.5, 0.6) is 0 Å². The van der Waals surface area contributed by atoms with Crippen molar-refractivity contribution in [1.29, 1.82) is 5.26 Å². The van der Waals surface area contributed by atoms with Gasteiger partial charge in [-0.05, 0) is 24.5 Å². The van der Waals surface area contributed by atoms with E-state index in [2.05, 4.69) is 25.7 Å². The van der Waals surface area contributed by atoms with E-state index in [-0.39, 0.29) is 5.57 Å². The average molecular weight is 287 g/mol. The Bertz CT molecular complexity index is 458. The van der Waals surface area contributed by atoms with E-state index in [1.807, 2.05) is 13.0 Å². The fourth-order valence-corrected chi connectivity index (χ4v) is 1.67. The highest BCUT2D eigenvalue weighted by atomic mass is 16.5. The Balaban J connectivity index is 4.42. The van der Waals surface area contributed by atoms with Crippen LogP contribution in [-0.2, 0) is 9.53 Å². The van der Waals surface area contributed by atoms with Gasteiger partial charge >= 0.3 is 5.97 Å². The van der Waals surface area contributed by atoms with Crippen molar-refractivity contribution in [3.05, 3.63) is 23.8 Å². The van der Waals surface area contributed by atoms with E-state index >= 15 is 0 Å². The van der Waals surface area contributed by atoms with E-state index in [0.717, 1.165) is 32.1 Å². The summed E-state index contributed by atoms with van der Waals surface area (Å²) in [6.07, 6.45) is 9.73. The third kappa shape index (κ3) is 9.52. The first-order valence-electron chi connectivity index (χ1n) is 7.61. The Morgan fingerprint density at radius 1 is 1.33 bits per heavy atom. The molecule has 0 aromatic carbocycles. The smallest absolute Gasteiger partial charge is 0.348 e. The lowest BCUT2D eigenvalue weighted by atomic mass is 10.0. The number of hydrogen-bond acceptors (Lipinski definition) is 3. The number of unbranched alkanes of at least 4 members (excludes halogenated alkanes) is 1. The van der Waals surface area contributed by atoms with Crippen LogP contribution in [0.4, 0.5) is 0 Å². The van der Waals surface area contributed by atoms with Gasteiger partial charge in [0, 0.05) is 6.42 Å². The normalized spacial score (nSPS) is 12.4. The Labute approximate surface area is 128 Å². The highest BCUT2D eigenvalue weighted by Gasteiger charge is 2.13. The van der Waals surface area contributed by atoms with Crippen molar-refractivity contribution in [3.63, 3.8) is 0 Å². The molecule has 0 fully saturated rings. The lowest BCUT2D eigenvalue weighted by molar-refractivity contribution is -0.140. The second-order valence-corrected chi connectivity index (χ2v) is 4.74. The fraction of sp³-hybridized carbons (Fsp3) is 0.556. The molecule has 0 N–H and O–H groups in total. The van der Waals surface area contributed by atoms with E-state index in [9.17, 15) is 4.79 Å². The van der Waals surface area contributed by atoms with Crippen molar-refractivity contribution < 1.29 is 9.53 Å². The molecule has 0 radical (unpaired) electrons.